The van der Waals surface area contributed by atoms with Crippen LogP contribution in [0.1, 0.15) is 25.5 Å². The number of hydrogen-bond donors (Lipinski definition) is 1. The molecule has 1 amide bonds. The normalized spacial score (nSPS) is 27.2. The molecule has 2 unspecified atom stereocenters. The first-order chi connectivity index (χ1) is 8.15. The lowest BCUT2D eigenvalue weighted by atomic mass is 9.90. The fourth-order valence-corrected chi connectivity index (χ4v) is 2.72. The lowest BCUT2D eigenvalue weighted by Gasteiger charge is -2.42. The Labute approximate surface area is 101 Å². The Morgan fingerprint density at radius 1 is 1.47 bits per heavy atom. The maximum absolute atomic E-state index is 12.0. The Balaban J connectivity index is 2.03. The molecule has 0 aliphatic carbocycles. The van der Waals surface area contributed by atoms with Crippen LogP contribution >= 0.6 is 0 Å². The molecule has 2 aliphatic rings. The quantitative estimate of drug-likeness (QED) is 0.742. The van der Waals surface area contributed by atoms with Gasteiger partial charge in [0.2, 0.25) is 5.91 Å². The number of nitrogens with one attached hydrogen (secondary N) is 1. The van der Waals surface area contributed by atoms with E-state index in [4.69, 9.17) is 0 Å². The molecule has 0 saturated carbocycles. The summed E-state index contributed by atoms with van der Waals surface area (Å²) in [6.45, 7) is 5.13. The number of rotatable bonds is 0. The molecule has 0 spiro atoms. The molecular formula is C13H17N3O. The maximum atomic E-state index is 12.0. The van der Waals surface area contributed by atoms with Gasteiger partial charge in [0.25, 0.3) is 0 Å². The molecule has 0 bridgehead atoms. The molecule has 0 radical (unpaired) electrons. The summed E-state index contributed by atoms with van der Waals surface area (Å²) in [5.74, 6) is 1.68. The summed E-state index contributed by atoms with van der Waals surface area (Å²) >= 11 is 0. The van der Waals surface area contributed by atoms with Gasteiger partial charge in [-0.05, 0) is 37.8 Å². The highest BCUT2D eigenvalue weighted by atomic mass is 16.2. The number of piperidine rings is 1. The van der Waals surface area contributed by atoms with Crippen LogP contribution in [-0.2, 0) is 4.79 Å². The number of aromatic nitrogens is 1. The highest BCUT2D eigenvalue weighted by Crippen LogP contribution is 2.35. The van der Waals surface area contributed by atoms with Gasteiger partial charge in [-0.15, -0.1) is 0 Å². The number of carbonyl (C=O) groups is 1. The molecule has 1 aromatic rings. The van der Waals surface area contributed by atoms with E-state index in [-0.39, 0.29) is 11.9 Å². The zero-order valence-corrected chi connectivity index (χ0v) is 10.2. The Hall–Kier alpha value is -1.58. The van der Waals surface area contributed by atoms with Gasteiger partial charge in [0, 0.05) is 12.2 Å². The van der Waals surface area contributed by atoms with Gasteiger partial charge in [-0.3, -0.25) is 4.79 Å². The van der Waals surface area contributed by atoms with Crippen LogP contribution in [-0.4, -0.2) is 23.5 Å². The van der Waals surface area contributed by atoms with Crippen molar-refractivity contribution in [1.29, 1.82) is 0 Å². The van der Waals surface area contributed by atoms with Gasteiger partial charge in [-0.2, -0.15) is 0 Å². The number of pyridine rings is 1. The van der Waals surface area contributed by atoms with E-state index in [0.717, 1.165) is 36.6 Å². The summed E-state index contributed by atoms with van der Waals surface area (Å²) < 4.78 is 0. The summed E-state index contributed by atoms with van der Waals surface area (Å²) in [7, 11) is 0. The Morgan fingerprint density at radius 3 is 3.12 bits per heavy atom. The molecule has 0 aromatic carbocycles. The number of hydrogen-bond acceptors (Lipinski definition) is 3. The molecule has 1 saturated heterocycles. The number of amides is 1. The van der Waals surface area contributed by atoms with Crippen LogP contribution in [0, 0.1) is 12.8 Å². The van der Waals surface area contributed by atoms with E-state index in [0.29, 0.717) is 5.92 Å². The van der Waals surface area contributed by atoms with Crippen molar-refractivity contribution in [3.8, 4) is 0 Å². The lowest BCUT2D eigenvalue weighted by molar-refractivity contribution is -0.118. The minimum Gasteiger partial charge on any atom is -0.343 e. The highest BCUT2D eigenvalue weighted by molar-refractivity contribution is 6.02. The number of anilines is 2. The molecule has 2 atom stereocenters. The van der Waals surface area contributed by atoms with E-state index in [1.54, 1.807) is 0 Å². The zero-order chi connectivity index (χ0) is 12.0. The van der Waals surface area contributed by atoms with E-state index in [1.165, 1.54) is 0 Å². The molecule has 4 heteroatoms. The summed E-state index contributed by atoms with van der Waals surface area (Å²) in [4.78, 5) is 18.8. The molecule has 3 rings (SSSR count). The van der Waals surface area contributed by atoms with Crippen molar-refractivity contribution in [1.82, 2.24) is 4.98 Å². The van der Waals surface area contributed by atoms with Crippen molar-refractivity contribution in [2.24, 2.45) is 5.92 Å². The molecule has 17 heavy (non-hydrogen) atoms. The second-order valence-corrected chi connectivity index (χ2v) is 5.15. The molecule has 1 aromatic heterocycles. The monoisotopic (exact) mass is 231 g/mol. The Morgan fingerprint density at radius 2 is 2.29 bits per heavy atom. The van der Waals surface area contributed by atoms with Crippen molar-refractivity contribution >= 4 is 17.4 Å². The van der Waals surface area contributed by atoms with Crippen LogP contribution in [0.2, 0.25) is 0 Å². The predicted molar refractivity (Wildman–Crippen MR) is 67.1 cm³/mol. The minimum absolute atomic E-state index is 0.0273. The van der Waals surface area contributed by atoms with Crippen molar-refractivity contribution in [3.05, 3.63) is 17.8 Å². The SMILES string of the molecule is Cc1ccc2c(n1)N1CCC(C)CC1C(=O)N2. The number of fused-ring (bicyclic) bond motifs is 3. The second kappa shape index (κ2) is 3.72. The van der Waals surface area contributed by atoms with E-state index < -0.39 is 0 Å². The third-order valence-electron chi connectivity index (χ3n) is 3.71. The average molecular weight is 231 g/mol. The minimum atomic E-state index is -0.0273. The fourth-order valence-electron chi connectivity index (χ4n) is 2.72. The molecule has 4 nitrogen and oxygen atoms in total. The Kier molecular flexibility index (Phi) is 2.31. The first-order valence-electron chi connectivity index (χ1n) is 6.20. The van der Waals surface area contributed by atoms with Crippen LogP contribution in [0.15, 0.2) is 12.1 Å². The molecule has 1 N–H and O–H groups in total. The first kappa shape index (κ1) is 10.6. The summed E-state index contributed by atoms with van der Waals surface area (Å²) in [6, 6.07) is 3.86. The summed E-state index contributed by atoms with van der Waals surface area (Å²) in [5, 5.41) is 2.96. The van der Waals surface area contributed by atoms with Crippen molar-refractivity contribution in [2.75, 3.05) is 16.8 Å². The van der Waals surface area contributed by atoms with Crippen LogP contribution in [0.3, 0.4) is 0 Å². The van der Waals surface area contributed by atoms with Crippen molar-refractivity contribution < 1.29 is 4.79 Å². The van der Waals surface area contributed by atoms with E-state index in [2.05, 4.69) is 22.1 Å². The predicted octanol–water partition coefficient (Wildman–Crippen LogP) is 1.95. The third-order valence-corrected chi connectivity index (χ3v) is 3.71. The van der Waals surface area contributed by atoms with Gasteiger partial charge in [-0.1, -0.05) is 6.92 Å². The highest BCUT2D eigenvalue weighted by Gasteiger charge is 2.37. The summed E-state index contributed by atoms with van der Waals surface area (Å²) in [6.07, 6.45) is 2.07. The molecule has 90 valence electrons. The summed E-state index contributed by atoms with van der Waals surface area (Å²) in [5.41, 5.74) is 1.85. The lowest BCUT2D eigenvalue weighted by Crippen LogP contribution is -2.52. The van der Waals surface area contributed by atoms with Crippen molar-refractivity contribution in [2.45, 2.75) is 32.7 Å². The van der Waals surface area contributed by atoms with Crippen molar-refractivity contribution in [3.63, 3.8) is 0 Å². The van der Waals surface area contributed by atoms with Crippen LogP contribution in [0.25, 0.3) is 0 Å². The number of nitrogens with zero attached hydrogens (tertiary/aromatic N) is 2. The first-order valence-corrected chi connectivity index (χ1v) is 6.20. The van der Waals surface area contributed by atoms with E-state index in [9.17, 15) is 4.79 Å². The molecule has 1 fully saturated rings. The average Bonchev–Trinajstić information content (AvgIpc) is 2.30. The topological polar surface area (TPSA) is 45.2 Å². The van der Waals surface area contributed by atoms with E-state index in [1.807, 2.05) is 19.1 Å². The van der Waals surface area contributed by atoms with Gasteiger partial charge in [-0.25, -0.2) is 4.98 Å². The van der Waals surface area contributed by atoms with Crippen LogP contribution < -0.4 is 10.2 Å². The fraction of sp³-hybridized carbons (Fsp3) is 0.538. The van der Waals surface area contributed by atoms with Crippen LogP contribution in [0.5, 0.6) is 0 Å². The molecule has 3 heterocycles. The van der Waals surface area contributed by atoms with Gasteiger partial charge in [0.05, 0.1) is 5.69 Å². The smallest absolute Gasteiger partial charge is 0.247 e. The standard InChI is InChI=1S/C13H17N3O/c1-8-5-6-16-11(7-8)13(17)15-10-4-3-9(2)14-12(10)16/h3-4,8,11H,5-7H2,1-2H3,(H,15,17). The number of carbonyl (C=O) groups excluding carboxylic acids is 1. The third kappa shape index (κ3) is 1.68. The van der Waals surface area contributed by atoms with Gasteiger partial charge < -0.3 is 10.2 Å². The second-order valence-electron chi connectivity index (χ2n) is 5.15. The largest absolute Gasteiger partial charge is 0.343 e. The zero-order valence-electron chi connectivity index (χ0n) is 10.2. The maximum Gasteiger partial charge on any atom is 0.247 e. The van der Waals surface area contributed by atoms with Gasteiger partial charge in [0.1, 0.15) is 6.04 Å². The van der Waals surface area contributed by atoms with Gasteiger partial charge >= 0.3 is 0 Å². The molecular weight excluding hydrogens is 214 g/mol. The van der Waals surface area contributed by atoms with E-state index >= 15 is 0 Å². The van der Waals surface area contributed by atoms with Gasteiger partial charge in [0.15, 0.2) is 5.82 Å². The van der Waals surface area contributed by atoms with Crippen LogP contribution in [0.4, 0.5) is 11.5 Å². The molecule has 2 aliphatic heterocycles. The Bertz CT molecular complexity index is 472. The number of aryl methyl sites for hydroxylation is 1.